The van der Waals surface area contributed by atoms with Crippen LogP contribution in [0, 0.1) is 0 Å². The van der Waals surface area contributed by atoms with Crippen molar-refractivity contribution in [1.29, 1.82) is 0 Å². The number of phosphoric ester groups is 1. The Labute approximate surface area is 188 Å². The predicted octanol–water partition coefficient (Wildman–Crippen LogP) is 1.72. The number of phosphoric acid groups is 1. The molecule has 2 saturated heterocycles. The zero-order valence-corrected chi connectivity index (χ0v) is 18.6. The predicted molar refractivity (Wildman–Crippen MR) is 115 cm³/mol. The van der Waals surface area contributed by atoms with E-state index >= 15 is 0 Å². The molecule has 4 N–H and O–H groups in total. The molecule has 5 heterocycles. The van der Waals surface area contributed by atoms with Gasteiger partial charge in [0.2, 0.25) is 0 Å². The number of ether oxygens (including phenoxy) is 1. The molecule has 0 saturated carbocycles. The number of pyridine rings is 1. The van der Waals surface area contributed by atoms with E-state index in [-0.39, 0.29) is 19.0 Å². The van der Waals surface area contributed by atoms with E-state index in [1.54, 1.807) is 35.3 Å². The van der Waals surface area contributed by atoms with Crippen LogP contribution >= 0.6 is 7.82 Å². The summed E-state index contributed by atoms with van der Waals surface area (Å²) in [6.07, 6.45) is 2.81. The minimum absolute atomic E-state index is 0.168. The number of hydrogen-bond acceptors (Lipinski definition) is 11. The van der Waals surface area contributed by atoms with Gasteiger partial charge in [0.25, 0.3) is 0 Å². The lowest BCUT2D eigenvalue weighted by Crippen LogP contribution is -2.44. The van der Waals surface area contributed by atoms with Gasteiger partial charge >= 0.3 is 7.82 Å². The molecule has 0 amide bonds. The fourth-order valence-corrected chi connectivity index (χ4v) is 5.49. The maximum absolute atomic E-state index is 13.0. The molecule has 2 aliphatic rings. The summed E-state index contributed by atoms with van der Waals surface area (Å²) in [5, 5.41) is 22.4. The van der Waals surface area contributed by atoms with Crippen LogP contribution in [-0.2, 0) is 22.9 Å². The van der Waals surface area contributed by atoms with Crippen LogP contribution in [0.5, 0.6) is 0 Å². The molecule has 2 fully saturated rings. The number of hydrogen-bond donors (Lipinski definition) is 3. The Kier molecular flexibility index (Phi) is 5.69. The van der Waals surface area contributed by atoms with Gasteiger partial charge in [0, 0.05) is 25.0 Å². The first-order valence-electron chi connectivity index (χ1n) is 10.4. The Balaban J connectivity index is 1.31. The molecule has 6 atom stereocenters. The van der Waals surface area contributed by atoms with Gasteiger partial charge < -0.3 is 25.3 Å². The van der Waals surface area contributed by atoms with Gasteiger partial charge in [0.05, 0.1) is 24.7 Å². The average Bonchev–Trinajstić information content (AvgIpc) is 3.33. The first-order chi connectivity index (χ1) is 15.8. The zero-order valence-electron chi connectivity index (χ0n) is 17.7. The summed E-state index contributed by atoms with van der Waals surface area (Å²) in [5.41, 5.74) is 5.37. The molecule has 0 radical (unpaired) electrons. The second kappa shape index (κ2) is 8.41. The van der Waals surface area contributed by atoms with Crippen LogP contribution in [0.2, 0.25) is 0 Å². The first kappa shape index (κ1) is 22.4. The molecule has 5 rings (SSSR count). The van der Waals surface area contributed by atoms with Gasteiger partial charge in [0.1, 0.15) is 35.6 Å². The van der Waals surface area contributed by atoms with Gasteiger partial charge in [-0.25, -0.2) is 14.5 Å². The third kappa shape index (κ3) is 4.04. The molecule has 0 aromatic carbocycles. The Hall–Kier alpha value is -2.44. The minimum atomic E-state index is -3.93. The first-order valence-corrected chi connectivity index (χ1v) is 11.8. The van der Waals surface area contributed by atoms with E-state index in [9.17, 15) is 14.8 Å². The van der Waals surface area contributed by atoms with Gasteiger partial charge in [0.15, 0.2) is 6.23 Å². The van der Waals surface area contributed by atoms with Crippen LogP contribution in [0.25, 0.3) is 11.0 Å². The molecule has 12 nitrogen and oxygen atoms in total. The summed E-state index contributed by atoms with van der Waals surface area (Å²) in [5.74, 6) is 0.282. The highest BCUT2D eigenvalue weighted by Crippen LogP contribution is 2.57. The topological polar surface area (TPSA) is 164 Å². The lowest BCUT2D eigenvalue weighted by atomic mass is 9.96. The molecule has 33 heavy (non-hydrogen) atoms. The Morgan fingerprint density at radius 1 is 1.39 bits per heavy atom. The van der Waals surface area contributed by atoms with Crippen molar-refractivity contribution in [2.45, 2.75) is 43.5 Å². The van der Waals surface area contributed by atoms with E-state index in [2.05, 4.69) is 15.0 Å². The Morgan fingerprint density at radius 2 is 2.24 bits per heavy atom. The Bertz CT molecular complexity index is 1190. The number of aliphatic hydroxyl groups is 2. The summed E-state index contributed by atoms with van der Waals surface area (Å²) >= 11 is 0. The van der Waals surface area contributed by atoms with Gasteiger partial charge in [-0.2, -0.15) is 0 Å². The summed E-state index contributed by atoms with van der Waals surface area (Å²) in [4.78, 5) is 12.2. The van der Waals surface area contributed by atoms with Crippen molar-refractivity contribution in [3.05, 3.63) is 48.7 Å². The molecule has 3 aromatic heterocycles. The fourth-order valence-electron chi connectivity index (χ4n) is 4.09. The van der Waals surface area contributed by atoms with Gasteiger partial charge in [-0.1, -0.05) is 6.07 Å². The summed E-state index contributed by atoms with van der Waals surface area (Å²) in [7, 11) is -3.93. The molecule has 3 aromatic rings. The molecule has 13 heteroatoms. The quantitative estimate of drug-likeness (QED) is 0.458. The number of fused-ring (bicyclic) bond motifs is 1. The van der Waals surface area contributed by atoms with Crippen LogP contribution in [0.15, 0.2) is 43.1 Å². The number of anilines is 1. The lowest BCUT2D eigenvalue weighted by molar-refractivity contribution is -0.0950. The SMILES string of the molecule is C[C@@]1(O)[C@H](O)[C@@H](COP2(=O)OCCC(c3cccnc3)O2)O[C@H]1n1ccc2c(N)ncnc21. The smallest absolute Gasteiger partial charge is 0.387 e. The third-order valence-electron chi connectivity index (χ3n) is 5.89. The van der Waals surface area contributed by atoms with Crippen molar-refractivity contribution < 1.29 is 33.1 Å². The highest BCUT2D eigenvalue weighted by molar-refractivity contribution is 7.48. The molecule has 0 aliphatic carbocycles. The number of aliphatic hydroxyl groups excluding tert-OH is 1. The highest BCUT2D eigenvalue weighted by Gasteiger charge is 2.54. The number of aromatic nitrogens is 4. The molecule has 0 spiro atoms. The van der Waals surface area contributed by atoms with Crippen LogP contribution in [0.3, 0.4) is 0 Å². The van der Waals surface area contributed by atoms with E-state index in [0.29, 0.717) is 17.5 Å². The molecule has 2 unspecified atom stereocenters. The molecule has 176 valence electrons. The average molecular weight is 477 g/mol. The molecular weight excluding hydrogens is 453 g/mol. The number of nitrogens with two attached hydrogens (primary N) is 1. The zero-order chi connectivity index (χ0) is 23.2. The van der Waals surface area contributed by atoms with Crippen LogP contribution in [0.4, 0.5) is 5.82 Å². The van der Waals surface area contributed by atoms with Crippen molar-refractivity contribution in [2.24, 2.45) is 0 Å². The standard InChI is InChI=1S/C20H24N5O7P/c1-20(27)16(26)15(31-19(20)25-7-4-13-17(21)23-11-24-18(13)25)10-30-33(28)29-8-5-14(32-33)12-3-2-6-22-9-12/h2-4,6-7,9,11,14-16,19,26-27H,5,8,10H2,1H3,(H2,21,23,24)/t14?,15-,16-,19-,20-,33?/m1/s1. The summed E-state index contributed by atoms with van der Waals surface area (Å²) in [6.45, 7) is 1.27. The largest absolute Gasteiger partial charge is 0.475 e. The van der Waals surface area contributed by atoms with Crippen LogP contribution in [0.1, 0.15) is 31.2 Å². The van der Waals surface area contributed by atoms with Crippen LogP contribution in [-0.4, -0.2) is 60.8 Å². The monoisotopic (exact) mass is 477 g/mol. The van der Waals surface area contributed by atoms with Gasteiger partial charge in [-0.3, -0.25) is 18.6 Å². The van der Waals surface area contributed by atoms with Crippen molar-refractivity contribution in [3.63, 3.8) is 0 Å². The van der Waals surface area contributed by atoms with E-state index in [0.717, 1.165) is 5.56 Å². The molecule has 2 aliphatic heterocycles. The van der Waals surface area contributed by atoms with Gasteiger partial charge in [-0.15, -0.1) is 0 Å². The lowest BCUT2D eigenvalue weighted by Gasteiger charge is -2.30. The maximum atomic E-state index is 13.0. The summed E-state index contributed by atoms with van der Waals surface area (Å²) in [6, 6.07) is 5.27. The Morgan fingerprint density at radius 3 is 3.03 bits per heavy atom. The summed E-state index contributed by atoms with van der Waals surface area (Å²) < 4.78 is 36.9. The number of rotatable bonds is 5. The van der Waals surface area contributed by atoms with E-state index in [1.165, 1.54) is 13.3 Å². The van der Waals surface area contributed by atoms with Crippen molar-refractivity contribution in [3.8, 4) is 0 Å². The van der Waals surface area contributed by atoms with Crippen LogP contribution < -0.4 is 5.73 Å². The normalized spacial score (nSPS) is 34.6. The number of nitrogens with zero attached hydrogens (tertiary/aromatic N) is 4. The van der Waals surface area contributed by atoms with E-state index in [1.807, 2.05) is 6.07 Å². The van der Waals surface area contributed by atoms with Crippen molar-refractivity contribution in [1.82, 2.24) is 19.5 Å². The highest BCUT2D eigenvalue weighted by atomic mass is 31.2. The van der Waals surface area contributed by atoms with Crippen molar-refractivity contribution in [2.75, 3.05) is 18.9 Å². The maximum Gasteiger partial charge on any atom is 0.475 e. The minimum Gasteiger partial charge on any atom is -0.387 e. The number of nitrogen functional groups attached to an aromatic ring is 1. The fraction of sp³-hybridized carbons (Fsp3) is 0.450. The molecule has 0 bridgehead atoms. The van der Waals surface area contributed by atoms with Gasteiger partial charge in [-0.05, 0) is 24.6 Å². The third-order valence-corrected chi connectivity index (χ3v) is 7.36. The van der Waals surface area contributed by atoms with E-state index in [4.69, 9.17) is 24.0 Å². The van der Waals surface area contributed by atoms with Crippen molar-refractivity contribution >= 4 is 24.7 Å². The second-order valence-electron chi connectivity index (χ2n) is 8.16. The van der Waals surface area contributed by atoms with E-state index < -0.39 is 38.0 Å². The molecular formula is C20H24N5O7P. The second-order valence-corrected chi connectivity index (χ2v) is 9.78.